The maximum Gasteiger partial charge on any atom is 0.433 e. The first kappa shape index (κ1) is 11.5. The maximum absolute atomic E-state index is 12.8. The van der Waals surface area contributed by atoms with Crippen molar-refractivity contribution in [3.05, 3.63) is 34.9 Å². The van der Waals surface area contributed by atoms with Gasteiger partial charge in [0.2, 0.25) is 0 Å². The predicted molar refractivity (Wildman–Crippen MR) is 57.1 cm³/mol. The number of rotatable bonds is 2. The van der Waals surface area contributed by atoms with Crippen LogP contribution in [0.2, 0.25) is 5.02 Å². The van der Waals surface area contributed by atoms with Gasteiger partial charge in [0.05, 0.1) is 6.04 Å². The SMILES string of the molecule is FC(F)(F)C(=NC1CC1)c1cccc(Cl)c1. The Balaban J connectivity index is 2.39. The van der Waals surface area contributed by atoms with E-state index in [0.717, 1.165) is 12.8 Å². The molecule has 0 bridgehead atoms. The van der Waals surface area contributed by atoms with Gasteiger partial charge in [-0.05, 0) is 25.0 Å². The standard InChI is InChI=1S/C11H9ClF3N/c12-8-3-1-2-7(6-8)10(11(13,14)15)16-9-4-5-9/h1-3,6,9H,4-5H2. The van der Waals surface area contributed by atoms with E-state index in [9.17, 15) is 13.2 Å². The summed E-state index contributed by atoms with van der Waals surface area (Å²) < 4.78 is 38.3. The Kier molecular flexibility index (Phi) is 2.93. The molecule has 0 aliphatic heterocycles. The van der Waals surface area contributed by atoms with Gasteiger partial charge in [0.15, 0.2) is 0 Å². The van der Waals surface area contributed by atoms with Gasteiger partial charge in [-0.25, -0.2) is 0 Å². The van der Waals surface area contributed by atoms with Crippen molar-refractivity contribution in [3.8, 4) is 0 Å². The van der Waals surface area contributed by atoms with Crippen molar-refractivity contribution in [3.63, 3.8) is 0 Å². The lowest BCUT2D eigenvalue weighted by molar-refractivity contribution is -0.0582. The van der Waals surface area contributed by atoms with Crippen LogP contribution in [0.4, 0.5) is 13.2 Å². The molecule has 2 rings (SSSR count). The monoisotopic (exact) mass is 247 g/mol. The highest BCUT2D eigenvalue weighted by Crippen LogP contribution is 2.30. The zero-order valence-corrected chi connectivity index (χ0v) is 9.02. The molecule has 0 atom stereocenters. The van der Waals surface area contributed by atoms with Crippen LogP contribution in [0.1, 0.15) is 18.4 Å². The number of halogens is 4. The fraction of sp³-hybridized carbons (Fsp3) is 0.364. The Morgan fingerprint density at radius 1 is 1.31 bits per heavy atom. The predicted octanol–water partition coefficient (Wildman–Crippen LogP) is 3.85. The van der Waals surface area contributed by atoms with E-state index in [2.05, 4.69) is 4.99 Å². The molecule has 0 amide bonds. The third-order valence-electron chi connectivity index (χ3n) is 2.23. The minimum Gasteiger partial charge on any atom is -0.277 e. The molecule has 1 nitrogen and oxygen atoms in total. The van der Waals surface area contributed by atoms with Crippen molar-refractivity contribution >= 4 is 17.3 Å². The molecular formula is C11H9ClF3N. The van der Waals surface area contributed by atoms with Gasteiger partial charge in [-0.1, -0.05) is 23.7 Å². The van der Waals surface area contributed by atoms with Crippen LogP contribution in [0.15, 0.2) is 29.3 Å². The molecule has 1 aromatic carbocycles. The lowest BCUT2D eigenvalue weighted by Gasteiger charge is -2.10. The molecule has 16 heavy (non-hydrogen) atoms. The first-order valence-electron chi connectivity index (χ1n) is 4.88. The third-order valence-corrected chi connectivity index (χ3v) is 2.46. The largest absolute Gasteiger partial charge is 0.433 e. The van der Waals surface area contributed by atoms with E-state index >= 15 is 0 Å². The van der Waals surface area contributed by atoms with Crippen molar-refractivity contribution < 1.29 is 13.2 Å². The van der Waals surface area contributed by atoms with Crippen LogP contribution in [0.3, 0.4) is 0 Å². The molecule has 0 radical (unpaired) electrons. The van der Waals surface area contributed by atoms with Crippen LogP contribution in [0.25, 0.3) is 0 Å². The van der Waals surface area contributed by atoms with Crippen LogP contribution in [-0.2, 0) is 0 Å². The van der Waals surface area contributed by atoms with Crippen LogP contribution in [0, 0.1) is 0 Å². The Morgan fingerprint density at radius 2 is 2.00 bits per heavy atom. The smallest absolute Gasteiger partial charge is 0.277 e. The van der Waals surface area contributed by atoms with Gasteiger partial charge in [-0.2, -0.15) is 13.2 Å². The van der Waals surface area contributed by atoms with Gasteiger partial charge in [0.25, 0.3) is 0 Å². The molecule has 0 spiro atoms. The molecule has 0 saturated heterocycles. The zero-order valence-electron chi connectivity index (χ0n) is 8.26. The van der Waals surface area contributed by atoms with Crippen molar-refractivity contribution in [2.75, 3.05) is 0 Å². The van der Waals surface area contributed by atoms with E-state index in [1.54, 1.807) is 0 Å². The van der Waals surface area contributed by atoms with Gasteiger partial charge in [0, 0.05) is 10.6 Å². The summed E-state index contributed by atoms with van der Waals surface area (Å²) in [4.78, 5) is 3.70. The van der Waals surface area contributed by atoms with Gasteiger partial charge >= 0.3 is 6.18 Å². The van der Waals surface area contributed by atoms with Gasteiger partial charge < -0.3 is 0 Å². The molecule has 0 N–H and O–H groups in total. The zero-order chi connectivity index (χ0) is 11.8. The number of aliphatic imine (C=N–C) groups is 1. The summed E-state index contributed by atoms with van der Waals surface area (Å²) in [6.07, 6.45) is -2.95. The van der Waals surface area contributed by atoms with Crippen LogP contribution >= 0.6 is 11.6 Å². The molecule has 0 aromatic heterocycles. The minimum absolute atomic E-state index is 0.0342. The fourth-order valence-corrected chi connectivity index (χ4v) is 1.52. The maximum atomic E-state index is 12.8. The fourth-order valence-electron chi connectivity index (χ4n) is 1.33. The highest BCUT2D eigenvalue weighted by Gasteiger charge is 2.38. The second-order valence-electron chi connectivity index (χ2n) is 3.72. The number of alkyl halides is 3. The Morgan fingerprint density at radius 3 is 2.50 bits per heavy atom. The average Bonchev–Trinajstić information content (AvgIpc) is 2.95. The first-order valence-corrected chi connectivity index (χ1v) is 5.25. The summed E-state index contributed by atoms with van der Waals surface area (Å²) in [5.41, 5.74) is -0.788. The van der Waals surface area contributed by atoms with E-state index in [-0.39, 0.29) is 16.6 Å². The normalized spacial score (nSPS) is 17.6. The molecule has 0 heterocycles. The Labute approximate surface area is 95.9 Å². The van der Waals surface area contributed by atoms with E-state index in [0.29, 0.717) is 0 Å². The quantitative estimate of drug-likeness (QED) is 0.704. The van der Waals surface area contributed by atoms with Gasteiger partial charge in [-0.3, -0.25) is 4.99 Å². The molecule has 0 unspecified atom stereocenters. The van der Waals surface area contributed by atoms with Crippen LogP contribution in [-0.4, -0.2) is 17.9 Å². The first-order chi connectivity index (χ1) is 7.47. The van der Waals surface area contributed by atoms with Gasteiger partial charge in [-0.15, -0.1) is 0 Å². The highest BCUT2D eigenvalue weighted by molar-refractivity contribution is 6.31. The molecule has 86 valence electrons. The number of nitrogens with zero attached hydrogens (tertiary/aromatic N) is 1. The molecular weight excluding hydrogens is 239 g/mol. The molecule has 1 fully saturated rings. The molecule has 1 aromatic rings. The minimum atomic E-state index is -4.42. The number of benzene rings is 1. The van der Waals surface area contributed by atoms with E-state index in [1.165, 1.54) is 24.3 Å². The summed E-state index contributed by atoms with van der Waals surface area (Å²) in [5.74, 6) is 0. The number of hydrogen-bond donors (Lipinski definition) is 0. The number of hydrogen-bond acceptors (Lipinski definition) is 1. The van der Waals surface area contributed by atoms with Crippen molar-refractivity contribution in [1.82, 2.24) is 0 Å². The summed E-state index contributed by atoms with van der Waals surface area (Å²) in [6.45, 7) is 0. The molecule has 1 saturated carbocycles. The molecule has 1 aliphatic carbocycles. The average molecular weight is 248 g/mol. The highest BCUT2D eigenvalue weighted by atomic mass is 35.5. The molecule has 1 aliphatic rings. The van der Waals surface area contributed by atoms with Crippen LogP contribution < -0.4 is 0 Å². The van der Waals surface area contributed by atoms with Crippen molar-refractivity contribution in [2.45, 2.75) is 25.1 Å². The Hall–Kier alpha value is -1.03. The van der Waals surface area contributed by atoms with E-state index in [4.69, 9.17) is 11.6 Å². The lowest BCUT2D eigenvalue weighted by atomic mass is 10.1. The van der Waals surface area contributed by atoms with Crippen molar-refractivity contribution in [1.29, 1.82) is 0 Å². The van der Waals surface area contributed by atoms with Gasteiger partial charge in [0.1, 0.15) is 5.71 Å². The summed E-state index contributed by atoms with van der Waals surface area (Å²) in [7, 11) is 0. The van der Waals surface area contributed by atoms with E-state index < -0.39 is 11.9 Å². The summed E-state index contributed by atoms with van der Waals surface area (Å²) in [5, 5.41) is 0.283. The molecule has 5 heteroatoms. The topological polar surface area (TPSA) is 12.4 Å². The van der Waals surface area contributed by atoms with Crippen molar-refractivity contribution in [2.24, 2.45) is 4.99 Å². The summed E-state index contributed by atoms with van der Waals surface area (Å²) in [6, 6.07) is 5.52. The van der Waals surface area contributed by atoms with Crippen LogP contribution in [0.5, 0.6) is 0 Å². The lowest BCUT2D eigenvalue weighted by Crippen LogP contribution is -2.24. The Bertz CT molecular complexity index is 421. The second kappa shape index (κ2) is 4.09. The van der Waals surface area contributed by atoms with E-state index in [1.807, 2.05) is 0 Å². The third kappa shape index (κ3) is 2.76. The summed E-state index contributed by atoms with van der Waals surface area (Å²) >= 11 is 5.67. The second-order valence-corrected chi connectivity index (χ2v) is 4.15.